The lowest BCUT2D eigenvalue weighted by Crippen LogP contribution is -2.09. The predicted octanol–water partition coefficient (Wildman–Crippen LogP) is 5.47. The lowest BCUT2D eigenvalue weighted by molar-refractivity contribution is 0.609. The number of benzene rings is 3. The van der Waals surface area contributed by atoms with Gasteiger partial charge in [0.2, 0.25) is 0 Å². The molecule has 0 spiro atoms. The second kappa shape index (κ2) is 9.56. The highest BCUT2D eigenvalue weighted by Crippen LogP contribution is 2.35. The molecule has 3 aromatic carbocycles. The number of fused-ring (bicyclic) bond motifs is 4. The van der Waals surface area contributed by atoms with Crippen LogP contribution in [-0.4, -0.2) is 33.6 Å². The number of pyridine rings is 1. The number of H-pyrrole nitrogens is 1. The molecule has 0 aliphatic heterocycles. The standard InChI is InChI=1S/C28H23N7O2S/c1-2-38(36,37)35-26-14-21-25(16-29-26)30-17-31-28(21)32-23-15-24-27(20-11-7-6-10-19(20)23)22(33-34-24)13-12-18-8-4-3-5-9-18/h2-11,14-17H,1,12-13H2,(H,29,35)(H,33,34)(H,30,31,32). The minimum Gasteiger partial charge on any atom is -0.339 e. The maximum atomic E-state index is 12.0. The molecule has 6 aromatic rings. The topological polar surface area (TPSA) is 126 Å². The average molecular weight is 522 g/mol. The highest BCUT2D eigenvalue weighted by Gasteiger charge is 2.15. The number of sulfonamides is 1. The van der Waals surface area contributed by atoms with Gasteiger partial charge in [0.25, 0.3) is 10.0 Å². The molecule has 6 rings (SSSR count). The zero-order valence-electron chi connectivity index (χ0n) is 20.2. The molecule has 0 fully saturated rings. The van der Waals surface area contributed by atoms with Gasteiger partial charge >= 0.3 is 0 Å². The number of aromatic nitrogens is 5. The molecule has 0 aliphatic rings. The van der Waals surface area contributed by atoms with Gasteiger partial charge in [0, 0.05) is 32.9 Å². The van der Waals surface area contributed by atoms with E-state index in [1.54, 1.807) is 6.07 Å². The molecule has 3 heterocycles. The summed E-state index contributed by atoms with van der Waals surface area (Å²) in [7, 11) is -3.71. The van der Waals surface area contributed by atoms with E-state index in [4.69, 9.17) is 0 Å². The Hall–Kier alpha value is -4.83. The normalized spacial score (nSPS) is 11.7. The van der Waals surface area contributed by atoms with Gasteiger partial charge in [-0.05, 0) is 35.9 Å². The van der Waals surface area contributed by atoms with Crippen molar-refractivity contribution in [2.24, 2.45) is 0 Å². The van der Waals surface area contributed by atoms with Crippen molar-refractivity contribution in [1.29, 1.82) is 0 Å². The Bertz CT molecular complexity index is 1920. The molecule has 0 saturated carbocycles. The van der Waals surface area contributed by atoms with Crippen molar-refractivity contribution >= 4 is 59.9 Å². The summed E-state index contributed by atoms with van der Waals surface area (Å²) in [6, 6.07) is 22.1. The molecular weight excluding hydrogens is 498 g/mol. The van der Waals surface area contributed by atoms with Crippen LogP contribution < -0.4 is 10.0 Å². The number of hydrogen-bond donors (Lipinski definition) is 3. The summed E-state index contributed by atoms with van der Waals surface area (Å²) in [5, 5.41) is 15.9. The second-order valence-corrected chi connectivity index (χ2v) is 10.4. The fourth-order valence-electron chi connectivity index (χ4n) is 4.58. The predicted molar refractivity (Wildman–Crippen MR) is 151 cm³/mol. The number of aryl methyl sites for hydroxylation is 2. The number of hydrogen-bond acceptors (Lipinski definition) is 7. The van der Waals surface area contributed by atoms with E-state index in [0.717, 1.165) is 51.3 Å². The Morgan fingerprint density at radius 2 is 1.66 bits per heavy atom. The maximum Gasteiger partial charge on any atom is 0.255 e. The molecule has 188 valence electrons. The van der Waals surface area contributed by atoms with Crippen LogP contribution in [0.2, 0.25) is 0 Å². The van der Waals surface area contributed by atoms with Crippen LogP contribution >= 0.6 is 0 Å². The van der Waals surface area contributed by atoms with Crippen molar-refractivity contribution in [3.8, 4) is 0 Å². The van der Waals surface area contributed by atoms with Crippen LogP contribution in [0.25, 0.3) is 32.6 Å². The molecule has 38 heavy (non-hydrogen) atoms. The van der Waals surface area contributed by atoms with E-state index in [1.807, 2.05) is 24.3 Å². The zero-order valence-corrected chi connectivity index (χ0v) is 21.0. The Labute approximate surface area is 218 Å². The third kappa shape index (κ3) is 4.53. The zero-order chi connectivity index (χ0) is 26.1. The molecule has 0 radical (unpaired) electrons. The molecule has 10 heteroatoms. The first kappa shape index (κ1) is 23.6. The fraction of sp³-hybridized carbons (Fsp3) is 0.0714. The number of anilines is 3. The van der Waals surface area contributed by atoms with E-state index >= 15 is 0 Å². The van der Waals surface area contributed by atoms with Crippen molar-refractivity contribution in [2.45, 2.75) is 12.8 Å². The van der Waals surface area contributed by atoms with E-state index in [-0.39, 0.29) is 5.82 Å². The summed E-state index contributed by atoms with van der Waals surface area (Å²) >= 11 is 0. The van der Waals surface area contributed by atoms with Gasteiger partial charge in [-0.2, -0.15) is 5.10 Å². The van der Waals surface area contributed by atoms with Gasteiger partial charge in [0.05, 0.1) is 17.2 Å². The summed E-state index contributed by atoms with van der Waals surface area (Å²) in [6.07, 6.45) is 4.68. The first-order valence-electron chi connectivity index (χ1n) is 12.0. The van der Waals surface area contributed by atoms with E-state index in [2.05, 4.69) is 78.2 Å². The van der Waals surface area contributed by atoms with Gasteiger partial charge < -0.3 is 5.32 Å². The number of aromatic amines is 1. The summed E-state index contributed by atoms with van der Waals surface area (Å²) < 4.78 is 26.3. The first-order chi connectivity index (χ1) is 18.5. The summed E-state index contributed by atoms with van der Waals surface area (Å²) in [6.45, 7) is 3.32. The highest BCUT2D eigenvalue weighted by atomic mass is 32.2. The molecule has 0 amide bonds. The molecule has 0 unspecified atom stereocenters. The van der Waals surface area contributed by atoms with Crippen molar-refractivity contribution < 1.29 is 8.42 Å². The lowest BCUT2D eigenvalue weighted by atomic mass is 10.00. The monoisotopic (exact) mass is 521 g/mol. The SMILES string of the molecule is C=CS(=O)(=O)Nc1cc2c(Nc3cc4n[nH]c(CCc5ccccc5)c4c4ccccc34)ncnc2cn1. The molecular formula is C28H23N7O2S. The number of nitrogens with zero attached hydrogens (tertiary/aromatic N) is 4. The Balaban J connectivity index is 1.41. The van der Waals surface area contributed by atoms with Crippen LogP contribution in [0.1, 0.15) is 11.3 Å². The van der Waals surface area contributed by atoms with Crippen molar-refractivity contribution in [2.75, 3.05) is 10.0 Å². The molecule has 0 aliphatic carbocycles. The van der Waals surface area contributed by atoms with Crippen LogP contribution in [0, 0.1) is 0 Å². The van der Waals surface area contributed by atoms with Crippen LogP contribution in [0.15, 0.2) is 91.2 Å². The molecule has 3 N–H and O–H groups in total. The lowest BCUT2D eigenvalue weighted by Gasteiger charge is -2.13. The van der Waals surface area contributed by atoms with Crippen molar-refractivity contribution in [3.63, 3.8) is 0 Å². The minimum absolute atomic E-state index is 0.144. The maximum absolute atomic E-state index is 12.0. The number of rotatable bonds is 8. The van der Waals surface area contributed by atoms with Crippen molar-refractivity contribution in [3.05, 3.63) is 102 Å². The third-order valence-corrected chi connectivity index (χ3v) is 7.32. The average Bonchev–Trinajstić information content (AvgIpc) is 3.35. The van der Waals surface area contributed by atoms with Gasteiger partial charge in [-0.1, -0.05) is 61.2 Å². The summed E-state index contributed by atoms with van der Waals surface area (Å²) in [5.74, 6) is 0.659. The Morgan fingerprint density at radius 3 is 2.47 bits per heavy atom. The third-order valence-electron chi connectivity index (χ3n) is 6.38. The molecule has 0 bridgehead atoms. The van der Waals surface area contributed by atoms with Crippen molar-refractivity contribution in [1.82, 2.24) is 25.1 Å². The van der Waals surface area contributed by atoms with Crippen LogP contribution in [-0.2, 0) is 22.9 Å². The van der Waals surface area contributed by atoms with Crippen LogP contribution in [0.5, 0.6) is 0 Å². The molecule has 0 saturated heterocycles. The van der Waals surface area contributed by atoms with E-state index in [1.165, 1.54) is 18.1 Å². The van der Waals surface area contributed by atoms with E-state index in [0.29, 0.717) is 16.7 Å². The molecule has 9 nitrogen and oxygen atoms in total. The molecule has 0 atom stereocenters. The largest absolute Gasteiger partial charge is 0.339 e. The number of nitrogens with one attached hydrogen (secondary N) is 3. The minimum atomic E-state index is -3.71. The second-order valence-electron chi connectivity index (χ2n) is 8.80. The quantitative estimate of drug-likeness (QED) is 0.243. The summed E-state index contributed by atoms with van der Waals surface area (Å²) in [5.41, 5.74) is 4.59. The summed E-state index contributed by atoms with van der Waals surface area (Å²) in [4.78, 5) is 12.9. The molecule has 3 aromatic heterocycles. The fourth-order valence-corrected chi connectivity index (χ4v) is 5.06. The van der Waals surface area contributed by atoms with Crippen LogP contribution in [0.3, 0.4) is 0 Å². The van der Waals surface area contributed by atoms with Gasteiger partial charge in [-0.3, -0.25) is 9.82 Å². The van der Waals surface area contributed by atoms with E-state index in [9.17, 15) is 8.42 Å². The Kier molecular flexibility index (Phi) is 5.93. The van der Waals surface area contributed by atoms with Gasteiger partial charge in [0.15, 0.2) is 0 Å². The highest BCUT2D eigenvalue weighted by molar-refractivity contribution is 7.95. The first-order valence-corrected chi connectivity index (χ1v) is 13.5. The Morgan fingerprint density at radius 1 is 0.868 bits per heavy atom. The van der Waals surface area contributed by atoms with Gasteiger partial charge in [0.1, 0.15) is 18.0 Å². The smallest absolute Gasteiger partial charge is 0.255 e. The van der Waals surface area contributed by atoms with Crippen LogP contribution in [0.4, 0.5) is 17.3 Å². The van der Waals surface area contributed by atoms with E-state index < -0.39 is 10.0 Å². The van der Waals surface area contributed by atoms with Gasteiger partial charge in [-0.25, -0.2) is 23.4 Å². The van der Waals surface area contributed by atoms with Gasteiger partial charge in [-0.15, -0.1) is 0 Å².